The molecule has 2 fully saturated rings. The van der Waals surface area contributed by atoms with Gasteiger partial charge in [-0.1, -0.05) is 19.9 Å². The van der Waals surface area contributed by atoms with Crippen LogP contribution in [0.5, 0.6) is 0 Å². The van der Waals surface area contributed by atoms with Crippen LogP contribution in [0.3, 0.4) is 0 Å². The molecule has 160 valence electrons. The molecule has 0 bridgehead atoms. The van der Waals surface area contributed by atoms with Crippen molar-refractivity contribution in [2.45, 2.75) is 57.2 Å². The number of aromatic nitrogens is 1. The Morgan fingerprint density at radius 1 is 1.31 bits per heavy atom. The van der Waals surface area contributed by atoms with E-state index in [4.69, 9.17) is 0 Å². The van der Waals surface area contributed by atoms with Crippen molar-refractivity contribution in [3.05, 3.63) is 30.1 Å². The van der Waals surface area contributed by atoms with Gasteiger partial charge in [0.15, 0.2) is 0 Å². The summed E-state index contributed by atoms with van der Waals surface area (Å²) in [6, 6.07) is 3.64. The average Bonchev–Trinajstić information content (AvgIpc) is 2.97. The molecule has 1 amide bonds. The Kier molecular flexibility index (Phi) is 6.58. The number of likely N-dealkylation sites (N-methyl/N-ethyl adjacent to an activating group) is 1. The molecule has 0 saturated carbocycles. The Morgan fingerprint density at radius 2 is 2.00 bits per heavy atom. The summed E-state index contributed by atoms with van der Waals surface area (Å²) < 4.78 is 0. The lowest BCUT2D eigenvalue weighted by molar-refractivity contribution is -0.151. The van der Waals surface area contributed by atoms with Crippen LogP contribution in [0.1, 0.15) is 51.1 Å². The van der Waals surface area contributed by atoms with Crippen LogP contribution in [0.4, 0.5) is 0 Å². The van der Waals surface area contributed by atoms with E-state index in [-0.39, 0.29) is 23.9 Å². The third-order valence-electron chi connectivity index (χ3n) is 6.60. The lowest BCUT2D eigenvalue weighted by atomic mass is 9.83. The van der Waals surface area contributed by atoms with Gasteiger partial charge in [-0.25, -0.2) is 0 Å². The highest BCUT2D eigenvalue weighted by Gasteiger charge is 2.57. The first kappa shape index (κ1) is 21.7. The summed E-state index contributed by atoms with van der Waals surface area (Å²) in [7, 11) is 3.94. The fourth-order valence-corrected chi connectivity index (χ4v) is 5.09. The number of carboxylic acid groups (broad SMARTS) is 1. The number of aliphatic carboxylic acids is 1. The molecule has 0 spiro atoms. The van der Waals surface area contributed by atoms with Crippen molar-refractivity contribution in [3.63, 3.8) is 0 Å². The number of hydrogen-bond donors (Lipinski definition) is 2. The van der Waals surface area contributed by atoms with Crippen LogP contribution in [0.2, 0.25) is 0 Å². The van der Waals surface area contributed by atoms with Gasteiger partial charge in [-0.2, -0.15) is 0 Å². The van der Waals surface area contributed by atoms with Gasteiger partial charge in [0.2, 0.25) is 5.91 Å². The van der Waals surface area contributed by atoms with Crippen molar-refractivity contribution in [2.75, 3.05) is 27.2 Å². The van der Waals surface area contributed by atoms with Crippen LogP contribution in [0.25, 0.3) is 0 Å². The molecule has 2 N–H and O–H groups in total. The highest BCUT2D eigenvalue weighted by molar-refractivity contribution is 5.85. The molecule has 7 nitrogen and oxygen atoms in total. The molecule has 1 aromatic rings. The molecule has 0 aromatic carbocycles. The highest BCUT2D eigenvalue weighted by Crippen LogP contribution is 2.48. The number of nitrogens with one attached hydrogen (secondary N) is 1. The third-order valence-corrected chi connectivity index (χ3v) is 6.60. The second-order valence-corrected chi connectivity index (χ2v) is 9.17. The summed E-state index contributed by atoms with van der Waals surface area (Å²) in [5.74, 6) is -1.10. The zero-order valence-corrected chi connectivity index (χ0v) is 18.0. The van der Waals surface area contributed by atoms with Crippen LogP contribution >= 0.6 is 0 Å². The average molecular weight is 403 g/mol. The standard InChI is InChI=1S/C22H34N4O3/c1-15(2)12-22(21(28)29)13-18(19(26(22)4)16-6-5-9-23-14-16)20(27)24-17-7-10-25(3)11-8-17/h5-6,9,14-15,17-19H,7-8,10-13H2,1-4H3,(H,24,27)(H,28,29)/t18-,19-,22-/m0/s1. The fraction of sp³-hybridized carbons (Fsp3) is 0.682. The van der Waals surface area contributed by atoms with Crippen molar-refractivity contribution in [1.82, 2.24) is 20.1 Å². The molecule has 0 unspecified atom stereocenters. The second-order valence-electron chi connectivity index (χ2n) is 9.17. The fourth-order valence-electron chi connectivity index (χ4n) is 5.09. The van der Waals surface area contributed by atoms with Gasteiger partial charge in [-0.15, -0.1) is 0 Å². The normalized spacial score (nSPS) is 29.3. The zero-order chi connectivity index (χ0) is 21.2. The number of hydrogen-bond acceptors (Lipinski definition) is 5. The molecule has 3 heterocycles. The molecule has 2 aliphatic heterocycles. The molecule has 7 heteroatoms. The van der Waals surface area contributed by atoms with Crippen molar-refractivity contribution in [2.24, 2.45) is 11.8 Å². The largest absolute Gasteiger partial charge is 0.480 e. The lowest BCUT2D eigenvalue weighted by Crippen LogP contribution is -2.50. The summed E-state index contributed by atoms with van der Waals surface area (Å²) in [6.07, 6.45) is 6.13. The third kappa shape index (κ3) is 4.46. The molecule has 29 heavy (non-hydrogen) atoms. The minimum atomic E-state index is -1.05. The number of piperidine rings is 1. The summed E-state index contributed by atoms with van der Waals surface area (Å²) in [5.41, 5.74) is -0.158. The number of likely N-dealkylation sites (tertiary alicyclic amines) is 2. The van der Waals surface area contributed by atoms with Gasteiger partial charge in [-0.3, -0.25) is 19.5 Å². The predicted octanol–water partition coefficient (Wildman–Crippen LogP) is 2.15. The van der Waals surface area contributed by atoms with Gasteiger partial charge in [-0.05, 0) is 70.4 Å². The van der Waals surface area contributed by atoms with E-state index in [0.717, 1.165) is 31.5 Å². The Labute approximate surface area is 173 Å². The molecule has 3 rings (SSSR count). The van der Waals surface area contributed by atoms with Crippen LogP contribution in [-0.4, -0.2) is 70.5 Å². The van der Waals surface area contributed by atoms with Crippen molar-refractivity contribution in [1.29, 1.82) is 0 Å². The van der Waals surface area contributed by atoms with Gasteiger partial charge >= 0.3 is 5.97 Å². The van der Waals surface area contributed by atoms with E-state index in [1.165, 1.54) is 0 Å². The Balaban J connectivity index is 1.89. The lowest BCUT2D eigenvalue weighted by Gasteiger charge is -2.36. The molecular formula is C22H34N4O3. The molecule has 2 saturated heterocycles. The Morgan fingerprint density at radius 3 is 2.55 bits per heavy atom. The van der Waals surface area contributed by atoms with Crippen molar-refractivity contribution < 1.29 is 14.7 Å². The van der Waals surface area contributed by atoms with Gasteiger partial charge < -0.3 is 15.3 Å². The summed E-state index contributed by atoms with van der Waals surface area (Å²) >= 11 is 0. The van der Waals surface area contributed by atoms with E-state index in [2.05, 4.69) is 22.2 Å². The van der Waals surface area contributed by atoms with Gasteiger partial charge in [0, 0.05) is 24.5 Å². The molecule has 0 radical (unpaired) electrons. The molecular weight excluding hydrogens is 368 g/mol. The van der Waals surface area contributed by atoms with E-state index in [9.17, 15) is 14.7 Å². The maximum atomic E-state index is 13.4. The van der Waals surface area contributed by atoms with Crippen LogP contribution in [0, 0.1) is 11.8 Å². The minimum Gasteiger partial charge on any atom is -0.480 e. The first-order chi connectivity index (χ1) is 13.7. The van der Waals surface area contributed by atoms with Crippen molar-refractivity contribution >= 4 is 11.9 Å². The number of nitrogens with zero attached hydrogens (tertiary/aromatic N) is 3. The van der Waals surface area contributed by atoms with E-state index >= 15 is 0 Å². The first-order valence-corrected chi connectivity index (χ1v) is 10.6. The second kappa shape index (κ2) is 8.79. The maximum absolute atomic E-state index is 13.4. The molecule has 0 aliphatic carbocycles. The van der Waals surface area contributed by atoms with Gasteiger partial charge in [0.1, 0.15) is 5.54 Å². The minimum absolute atomic E-state index is 0.0351. The Bertz CT molecular complexity index is 718. The highest BCUT2D eigenvalue weighted by atomic mass is 16.4. The van der Waals surface area contributed by atoms with E-state index < -0.39 is 17.4 Å². The number of carboxylic acids is 1. The number of amides is 1. The summed E-state index contributed by atoms with van der Waals surface area (Å²) in [5, 5.41) is 13.4. The smallest absolute Gasteiger partial charge is 0.324 e. The molecule has 3 atom stereocenters. The topological polar surface area (TPSA) is 85.8 Å². The van der Waals surface area contributed by atoms with Gasteiger partial charge in [0.25, 0.3) is 0 Å². The summed E-state index contributed by atoms with van der Waals surface area (Å²) in [6.45, 7) is 6.00. The maximum Gasteiger partial charge on any atom is 0.324 e. The SMILES string of the molecule is CC(C)C[C@@]1(C(=O)O)C[C@H](C(=O)NC2CCN(C)CC2)[C@H](c2cccnc2)N1C. The van der Waals surface area contributed by atoms with Crippen LogP contribution in [0.15, 0.2) is 24.5 Å². The Hall–Kier alpha value is -1.99. The quantitative estimate of drug-likeness (QED) is 0.758. The molecule has 1 aromatic heterocycles. The molecule has 2 aliphatic rings. The van der Waals surface area contributed by atoms with Crippen molar-refractivity contribution in [3.8, 4) is 0 Å². The monoisotopic (exact) mass is 402 g/mol. The number of pyridine rings is 1. The van der Waals surface area contributed by atoms with E-state index in [1.807, 2.05) is 37.9 Å². The number of rotatable bonds is 6. The number of carbonyl (C=O) groups excluding carboxylic acids is 1. The summed E-state index contributed by atoms with van der Waals surface area (Å²) in [4.78, 5) is 34.2. The zero-order valence-electron chi connectivity index (χ0n) is 18.0. The van der Waals surface area contributed by atoms with E-state index in [0.29, 0.717) is 12.8 Å². The number of carbonyl (C=O) groups is 2. The van der Waals surface area contributed by atoms with Crippen LogP contribution < -0.4 is 5.32 Å². The van der Waals surface area contributed by atoms with Crippen LogP contribution in [-0.2, 0) is 9.59 Å². The first-order valence-electron chi connectivity index (χ1n) is 10.6. The van der Waals surface area contributed by atoms with Gasteiger partial charge in [0.05, 0.1) is 5.92 Å². The predicted molar refractivity (Wildman–Crippen MR) is 111 cm³/mol. The van der Waals surface area contributed by atoms with E-state index in [1.54, 1.807) is 12.4 Å².